The van der Waals surface area contributed by atoms with Crippen LogP contribution in [0.4, 0.5) is 0 Å². The summed E-state index contributed by atoms with van der Waals surface area (Å²) in [5.41, 5.74) is 0.880. The normalized spacial score (nSPS) is 35.9. The van der Waals surface area contributed by atoms with Gasteiger partial charge in [0, 0.05) is 6.08 Å². The molecule has 3 aliphatic rings. The number of methoxy groups -OCH3 is 1. The van der Waals surface area contributed by atoms with Crippen LogP contribution in [0, 0.1) is 0 Å². The zero-order chi connectivity index (χ0) is 41.6. The number of hydrogen-bond acceptors (Lipinski definition) is 21. The maximum Gasteiger partial charge on any atom is 0.331 e. The Bertz CT molecular complexity index is 1640. The fraction of sp³-hybridized carbons (Fsp3) is 0.583. The van der Waals surface area contributed by atoms with Crippen LogP contribution >= 0.6 is 0 Å². The minimum absolute atomic E-state index is 0.0932. The van der Waals surface area contributed by atoms with Crippen LogP contribution in [0.3, 0.4) is 0 Å². The topological polar surface area (TPSA) is 334 Å². The third-order valence-corrected chi connectivity index (χ3v) is 9.61. The van der Waals surface area contributed by atoms with E-state index in [9.17, 15) is 66.1 Å². The van der Waals surface area contributed by atoms with Gasteiger partial charge in [-0.15, -0.1) is 0 Å². The molecule has 3 heterocycles. The van der Waals surface area contributed by atoms with E-state index in [4.69, 9.17) is 37.9 Å². The van der Waals surface area contributed by atoms with E-state index in [1.165, 1.54) is 49.6 Å². The zero-order valence-electron chi connectivity index (χ0n) is 30.4. The van der Waals surface area contributed by atoms with Crippen LogP contribution in [0.15, 0.2) is 42.5 Å². The lowest BCUT2D eigenvalue weighted by Gasteiger charge is -2.47. The summed E-state index contributed by atoms with van der Waals surface area (Å²) in [4.78, 5) is 13.4. The van der Waals surface area contributed by atoms with E-state index in [0.29, 0.717) is 11.1 Å². The van der Waals surface area contributed by atoms with Crippen molar-refractivity contribution in [2.45, 2.75) is 98.5 Å². The molecule has 21 heteroatoms. The predicted octanol–water partition coefficient (Wildman–Crippen LogP) is -3.92. The summed E-state index contributed by atoms with van der Waals surface area (Å²) in [5, 5.41) is 123. The molecule has 57 heavy (non-hydrogen) atoms. The number of ether oxygens (including phenoxy) is 8. The van der Waals surface area contributed by atoms with Gasteiger partial charge in [-0.05, 0) is 47.9 Å². The Hall–Kier alpha value is -3.75. The van der Waals surface area contributed by atoms with Crippen molar-refractivity contribution in [1.82, 2.24) is 0 Å². The van der Waals surface area contributed by atoms with Crippen molar-refractivity contribution in [2.24, 2.45) is 0 Å². The maximum absolute atomic E-state index is 13.4. The number of hydrogen-bond donors (Lipinski definition) is 12. The van der Waals surface area contributed by atoms with Crippen LogP contribution in [-0.4, -0.2) is 193 Å². The Labute approximate surface area is 324 Å². The Morgan fingerprint density at radius 1 is 0.667 bits per heavy atom. The summed E-state index contributed by atoms with van der Waals surface area (Å²) in [6.07, 6.45) is -23.8. The van der Waals surface area contributed by atoms with Gasteiger partial charge in [0.25, 0.3) is 0 Å². The second-order valence-electron chi connectivity index (χ2n) is 13.5. The Balaban J connectivity index is 1.45. The predicted molar refractivity (Wildman–Crippen MR) is 186 cm³/mol. The number of phenols is 3. The second kappa shape index (κ2) is 19.8. The fourth-order valence-electron chi connectivity index (χ4n) is 6.35. The van der Waals surface area contributed by atoms with E-state index in [0.717, 1.165) is 6.08 Å². The van der Waals surface area contributed by atoms with E-state index in [2.05, 4.69) is 0 Å². The zero-order valence-corrected chi connectivity index (χ0v) is 30.4. The van der Waals surface area contributed by atoms with Crippen molar-refractivity contribution in [3.8, 4) is 23.0 Å². The molecule has 21 nitrogen and oxygen atoms in total. The fourth-order valence-corrected chi connectivity index (χ4v) is 6.35. The van der Waals surface area contributed by atoms with Gasteiger partial charge < -0.3 is 99.2 Å². The van der Waals surface area contributed by atoms with Gasteiger partial charge >= 0.3 is 5.97 Å². The number of aromatic hydroxyl groups is 3. The molecule has 2 aromatic carbocycles. The number of benzene rings is 2. The second-order valence-corrected chi connectivity index (χ2v) is 13.5. The van der Waals surface area contributed by atoms with Crippen molar-refractivity contribution in [3.63, 3.8) is 0 Å². The van der Waals surface area contributed by atoms with Crippen LogP contribution in [0.5, 0.6) is 23.0 Å². The lowest BCUT2D eigenvalue weighted by molar-refractivity contribution is -0.366. The van der Waals surface area contributed by atoms with E-state index in [1.54, 1.807) is 0 Å². The first kappa shape index (κ1) is 44.4. The highest BCUT2D eigenvalue weighted by molar-refractivity contribution is 5.87. The molecule has 0 aliphatic carbocycles. The molecule has 318 valence electrons. The molecule has 0 saturated carbocycles. The molecule has 2 aromatic rings. The van der Waals surface area contributed by atoms with Gasteiger partial charge in [0.15, 0.2) is 48.0 Å². The molecule has 0 radical (unpaired) electrons. The van der Waals surface area contributed by atoms with E-state index in [-0.39, 0.29) is 30.3 Å². The first-order valence-corrected chi connectivity index (χ1v) is 17.8. The Kier molecular flexibility index (Phi) is 15.4. The lowest BCUT2D eigenvalue weighted by Crippen LogP contribution is -2.66. The molecule has 3 aliphatic heterocycles. The number of aliphatic hydroxyl groups excluding tert-OH is 9. The number of phenolic OH excluding ortho intramolecular Hbond substituents is 3. The van der Waals surface area contributed by atoms with Crippen LogP contribution in [-0.2, 0) is 44.4 Å². The van der Waals surface area contributed by atoms with Gasteiger partial charge in [0.1, 0.15) is 67.1 Å². The number of aliphatic hydroxyl groups is 9. The SMILES string of the molecule is COc1cc(/C=C/C(=O)O[C@H]2[C@H](O[C@@H]3O[C@H](CO)[C@@H](O)[C@H](O)[C@H]3O)[C@@H](O)[C@H](OCCc3ccc(O)c(O)c3)O[C@@H]2CO[C@@H]2O[C@H](CO)[C@@H](O)[C@H](O)[C@H]2O)ccc1O. The summed E-state index contributed by atoms with van der Waals surface area (Å²) in [5.74, 6) is -1.91. The van der Waals surface area contributed by atoms with Crippen LogP contribution in [0.25, 0.3) is 6.08 Å². The van der Waals surface area contributed by atoms with E-state index in [1.807, 2.05) is 0 Å². The van der Waals surface area contributed by atoms with Crippen LogP contribution in [0.1, 0.15) is 11.1 Å². The highest BCUT2D eigenvalue weighted by Gasteiger charge is 2.53. The molecule has 0 bridgehead atoms. The molecule has 3 saturated heterocycles. The lowest BCUT2D eigenvalue weighted by atomic mass is 9.96. The molecule has 12 N–H and O–H groups in total. The van der Waals surface area contributed by atoms with Gasteiger partial charge in [0.2, 0.25) is 0 Å². The summed E-state index contributed by atoms with van der Waals surface area (Å²) < 4.78 is 45.2. The minimum atomic E-state index is -1.98. The van der Waals surface area contributed by atoms with E-state index >= 15 is 0 Å². The van der Waals surface area contributed by atoms with Crippen LogP contribution < -0.4 is 4.74 Å². The number of carbonyl (C=O) groups excluding carboxylic acids is 1. The van der Waals surface area contributed by atoms with Crippen molar-refractivity contribution in [3.05, 3.63) is 53.6 Å². The maximum atomic E-state index is 13.4. The molecule has 0 amide bonds. The van der Waals surface area contributed by atoms with Crippen molar-refractivity contribution in [1.29, 1.82) is 0 Å². The monoisotopic (exact) mass is 816 g/mol. The van der Waals surface area contributed by atoms with Crippen LogP contribution in [0.2, 0.25) is 0 Å². The smallest absolute Gasteiger partial charge is 0.331 e. The third-order valence-electron chi connectivity index (χ3n) is 9.61. The molecule has 15 atom stereocenters. The molecule has 3 fully saturated rings. The summed E-state index contributed by atoms with van der Waals surface area (Å²) in [7, 11) is 1.32. The number of carbonyl (C=O) groups is 1. The molecule has 5 rings (SSSR count). The van der Waals surface area contributed by atoms with Gasteiger partial charge in [-0.2, -0.15) is 0 Å². The molecular weight excluding hydrogens is 768 g/mol. The number of rotatable bonds is 15. The summed E-state index contributed by atoms with van der Waals surface area (Å²) >= 11 is 0. The first-order chi connectivity index (χ1) is 27.2. The molecule has 0 unspecified atom stereocenters. The molecule has 0 spiro atoms. The quantitative estimate of drug-likeness (QED) is 0.0464. The highest BCUT2D eigenvalue weighted by Crippen LogP contribution is 2.33. The van der Waals surface area contributed by atoms with Crippen molar-refractivity contribution < 1.29 is 104 Å². The van der Waals surface area contributed by atoms with E-state index < -0.39 is 124 Å². The average molecular weight is 817 g/mol. The Morgan fingerprint density at radius 2 is 1.26 bits per heavy atom. The first-order valence-electron chi connectivity index (χ1n) is 17.8. The van der Waals surface area contributed by atoms with Gasteiger partial charge in [-0.25, -0.2) is 4.79 Å². The largest absolute Gasteiger partial charge is 0.504 e. The molecule has 0 aromatic heterocycles. The highest BCUT2D eigenvalue weighted by atomic mass is 16.8. The minimum Gasteiger partial charge on any atom is -0.504 e. The average Bonchev–Trinajstić information content (AvgIpc) is 3.20. The summed E-state index contributed by atoms with van der Waals surface area (Å²) in [6.45, 7) is -2.52. The van der Waals surface area contributed by atoms with Gasteiger partial charge in [-0.1, -0.05) is 12.1 Å². The van der Waals surface area contributed by atoms with Gasteiger partial charge in [-0.3, -0.25) is 0 Å². The van der Waals surface area contributed by atoms with Crippen molar-refractivity contribution in [2.75, 3.05) is 33.5 Å². The van der Waals surface area contributed by atoms with Crippen molar-refractivity contribution >= 4 is 12.0 Å². The van der Waals surface area contributed by atoms with Gasteiger partial charge in [0.05, 0.1) is 33.5 Å². The number of esters is 1. The standard InChI is InChI=1S/C36H48O21/c1-50-20-11-15(3-6-18(20)40)4-7-24(42)56-32-23(14-52-34-29(47)27(45)25(43)21(12-37)53-34)55-35(51-9-8-16-2-5-17(39)19(41)10-16)31(49)33(32)57-36-30(48)28(46)26(44)22(13-38)54-36/h2-7,10-11,21-23,25-41,43-49H,8-9,12-14H2,1H3/b7-4+/t21-,22-,23-,25-,26-,27+,28+,29-,30-,31-,32-,33-,34-,35-,36+/m1/s1. The summed E-state index contributed by atoms with van der Waals surface area (Å²) in [6, 6.07) is 8.20. The Morgan fingerprint density at radius 3 is 1.89 bits per heavy atom. The molecular formula is C36H48O21. The third kappa shape index (κ3) is 10.5.